The number of unbranched alkanes of at least 4 members (excludes halogenated alkanes) is 3. The van der Waals surface area contributed by atoms with Gasteiger partial charge in [-0.05, 0) is 79.1 Å². The summed E-state index contributed by atoms with van der Waals surface area (Å²) in [5.74, 6) is -1.93. The van der Waals surface area contributed by atoms with Crippen molar-refractivity contribution in [1.82, 2.24) is 35.3 Å². The number of piperidine rings is 1. The molecule has 5 aromatic rings. The van der Waals surface area contributed by atoms with E-state index >= 15 is 0 Å². The molecule has 2 aliphatic heterocycles. The number of hydrogen-bond donors (Lipinski definition) is 4. The van der Waals surface area contributed by atoms with Gasteiger partial charge >= 0.3 is 0 Å². The molecule has 0 spiro atoms. The van der Waals surface area contributed by atoms with Crippen LogP contribution in [-0.2, 0) is 29.2 Å². The molecule has 53 heavy (non-hydrogen) atoms. The highest BCUT2D eigenvalue weighted by atomic mass is 16.5. The van der Waals surface area contributed by atoms with Crippen LogP contribution in [0.1, 0.15) is 80.9 Å². The van der Waals surface area contributed by atoms with Crippen molar-refractivity contribution in [1.29, 1.82) is 0 Å². The summed E-state index contributed by atoms with van der Waals surface area (Å²) < 4.78 is 9.80. The number of rotatable bonds is 15. The van der Waals surface area contributed by atoms with E-state index in [-0.39, 0.29) is 30.5 Å². The van der Waals surface area contributed by atoms with E-state index in [1.165, 1.54) is 0 Å². The van der Waals surface area contributed by atoms with Crippen LogP contribution in [0.4, 0.5) is 5.69 Å². The van der Waals surface area contributed by atoms with Crippen LogP contribution in [0.5, 0.6) is 5.75 Å². The van der Waals surface area contributed by atoms with Crippen LogP contribution >= 0.6 is 0 Å². The fraction of sp³-hybridized carbons (Fsp3) is 0.289. The first-order valence-electron chi connectivity index (χ1n) is 17.5. The van der Waals surface area contributed by atoms with Gasteiger partial charge < -0.3 is 14.6 Å². The maximum atomic E-state index is 13.3. The van der Waals surface area contributed by atoms with Gasteiger partial charge in [-0.1, -0.05) is 35.9 Å². The number of carbonyl (C=O) groups excluding carboxylic acids is 5. The van der Waals surface area contributed by atoms with Gasteiger partial charge in [0.05, 0.1) is 30.5 Å². The molecule has 272 valence electrons. The molecule has 4 heterocycles. The van der Waals surface area contributed by atoms with E-state index in [1.54, 1.807) is 40.5 Å². The molecule has 7 rings (SSSR count). The molecule has 2 aliphatic rings. The highest BCUT2D eigenvalue weighted by molar-refractivity contribution is 6.25. The standard InChI is InChI=1S/C38H38N8O7/c47-33-15-14-31(36(49)40-33)46-37(50)29-6-5-7-30(34(29)38(46)51)39-21-27-23-45(43-41-27)17-3-1-2-4-19-53-28-12-8-24(9-13-28)22-44-18-16-25-10-11-26(20-32(25)44)35(48)42-52/h5-13,16,18,20,23,31,39,52H,1-4,14-15,17,19,21-22H2,(H,42,48)(H,40,47,49). The van der Waals surface area contributed by atoms with Crippen LogP contribution < -0.4 is 20.9 Å². The van der Waals surface area contributed by atoms with E-state index in [4.69, 9.17) is 9.94 Å². The molecule has 15 nitrogen and oxygen atoms in total. The second kappa shape index (κ2) is 15.5. The third-order valence-corrected chi connectivity index (χ3v) is 9.48. The predicted octanol–water partition coefficient (Wildman–Crippen LogP) is 4.05. The molecule has 1 unspecified atom stereocenters. The Hall–Kier alpha value is -6.35. The highest BCUT2D eigenvalue weighted by Gasteiger charge is 2.45. The minimum Gasteiger partial charge on any atom is -0.494 e. The van der Waals surface area contributed by atoms with Gasteiger partial charge in [-0.15, -0.1) is 5.10 Å². The van der Waals surface area contributed by atoms with Gasteiger partial charge in [0.15, 0.2) is 0 Å². The smallest absolute Gasteiger partial charge is 0.274 e. The Labute approximate surface area is 303 Å². The average Bonchev–Trinajstić information content (AvgIpc) is 3.86. The third-order valence-electron chi connectivity index (χ3n) is 9.48. The number of nitrogens with one attached hydrogen (secondary N) is 3. The molecule has 15 heteroatoms. The molecule has 0 aliphatic carbocycles. The van der Waals surface area contributed by atoms with Crippen molar-refractivity contribution < 1.29 is 33.9 Å². The van der Waals surface area contributed by atoms with Crippen molar-refractivity contribution >= 4 is 46.1 Å². The Morgan fingerprint density at radius 1 is 0.962 bits per heavy atom. The summed E-state index contributed by atoms with van der Waals surface area (Å²) in [6, 6.07) is 19.2. The fourth-order valence-electron chi connectivity index (χ4n) is 6.71. The van der Waals surface area contributed by atoms with Crippen LogP contribution in [0.25, 0.3) is 10.9 Å². The topological polar surface area (TPSA) is 190 Å². The number of anilines is 1. The lowest BCUT2D eigenvalue weighted by Crippen LogP contribution is -2.54. The number of carbonyl (C=O) groups is 5. The monoisotopic (exact) mass is 718 g/mol. The second-order valence-electron chi connectivity index (χ2n) is 13.1. The molecular weight excluding hydrogens is 680 g/mol. The van der Waals surface area contributed by atoms with Crippen LogP contribution in [0.2, 0.25) is 0 Å². The van der Waals surface area contributed by atoms with Gasteiger partial charge in [0.25, 0.3) is 17.7 Å². The zero-order chi connectivity index (χ0) is 36.9. The van der Waals surface area contributed by atoms with Crippen LogP contribution in [0.15, 0.2) is 79.1 Å². The number of amides is 5. The number of imide groups is 2. The Balaban J connectivity index is 0.816. The molecule has 1 fully saturated rings. The molecule has 3 aromatic carbocycles. The molecule has 0 bridgehead atoms. The van der Waals surface area contributed by atoms with Crippen molar-refractivity contribution in [2.75, 3.05) is 11.9 Å². The summed E-state index contributed by atoms with van der Waals surface area (Å²) in [5.41, 5.74) is 5.60. The maximum absolute atomic E-state index is 13.3. The number of hydrogen-bond acceptors (Lipinski definition) is 10. The van der Waals surface area contributed by atoms with E-state index in [0.29, 0.717) is 36.6 Å². The third kappa shape index (κ3) is 7.65. The summed E-state index contributed by atoms with van der Waals surface area (Å²) in [7, 11) is 0. The zero-order valence-corrected chi connectivity index (χ0v) is 28.8. The molecule has 1 saturated heterocycles. The number of nitrogens with zero attached hydrogens (tertiary/aromatic N) is 5. The van der Waals surface area contributed by atoms with E-state index in [9.17, 15) is 24.0 Å². The lowest BCUT2D eigenvalue weighted by Gasteiger charge is -2.27. The van der Waals surface area contributed by atoms with Crippen molar-refractivity contribution in [3.63, 3.8) is 0 Å². The molecule has 0 saturated carbocycles. The Kier molecular flexibility index (Phi) is 10.2. The van der Waals surface area contributed by atoms with Gasteiger partial charge in [0.2, 0.25) is 11.8 Å². The molecule has 5 amide bonds. The first-order chi connectivity index (χ1) is 25.8. The van der Waals surface area contributed by atoms with Gasteiger partial charge in [-0.2, -0.15) is 0 Å². The normalized spacial score (nSPS) is 15.5. The minimum atomic E-state index is -1.02. The number of fused-ring (bicyclic) bond motifs is 2. The molecular formula is C38H38N8O7. The molecule has 0 radical (unpaired) electrons. The maximum Gasteiger partial charge on any atom is 0.274 e. The lowest BCUT2D eigenvalue weighted by atomic mass is 10.0. The second-order valence-corrected chi connectivity index (χ2v) is 13.1. The first-order valence-corrected chi connectivity index (χ1v) is 17.5. The molecule has 2 aromatic heterocycles. The number of aromatic nitrogens is 4. The average molecular weight is 719 g/mol. The number of benzene rings is 3. The van der Waals surface area contributed by atoms with E-state index < -0.39 is 35.6 Å². The van der Waals surface area contributed by atoms with Gasteiger partial charge in [0, 0.05) is 42.5 Å². The largest absolute Gasteiger partial charge is 0.494 e. The van der Waals surface area contributed by atoms with E-state index in [1.807, 2.05) is 48.8 Å². The Bertz CT molecular complexity index is 2190. The SMILES string of the molecule is O=C1CCC(N2C(=O)c3cccc(NCc4cn(CCCCCCOc5ccc(Cn6ccc7ccc(C(=O)NO)cc76)cc5)nn4)c3C2=O)C(=O)N1. The summed E-state index contributed by atoms with van der Waals surface area (Å²) in [5, 5.41) is 23.8. The van der Waals surface area contributed by atoms with E-state index in [2.05, 4.69) is 25.5 Å². The number of hydroxylamine groups is 1. The van der Waals surface area contributed by atoms with Gasteiger partial charge in [0.1, 0.15) is 17.5 Å². The fourth-order valence-corrected chi connectivity index (χ4v) is 6.71. The Morgan fingerprint density at radius 3 is 2.60 bits per heavy atom. The molecule has 4 N–H and O–H groups in total. The Morgan fingerprint density at radius 2 is 1.79 bits per heavy atom. The molecule has 1 atom stereocenters. The van der Waals surface area contributed by atoms with Crippen LogP contribution in [-0.4, -0.2) is 71.9 Å². The predicted molar refractivity (Wildman–Crippen MR) is 191 cm³/mol. The first kappa shape index (κ1) is 35.1. The van der Waals surface area contributed by atoms with Crippen molar-refractivity contribution in [2.24, 2.45) is 0 Å². The quantitative estimate of drug-likeness (QED) is 0.0532. The minimum absolute atomic E-state index is 0.0603. The lowest BCUT2D eigenvalue weighted by molar-refractivity contribution is -0.136. The van der Waals surface area contributed by atoms with Gasteiger partial charge in [-0.3, -0.25) is 44.1 Å². The van der Waals surface area contributed by atoms with Crippen molar-refractivity contribution in [3.8, 4) is 5.75 Å². The van der Waals surface area contributed by atoms with E-state index in [0.717, 1.165) is 52.8 Å². The summed E-state index contributed by atoms with van der Waals surface area (Å²) in [4.78, 5) is 63.2. The van der Waals surface area contributed by atoms with Crippen molar-refractivity contribution in [3.05, 3.63) is 107 Å². The van der Waals surface area contributed by atoms with Crippen molar-refractivity contribution in [2.45, 2.75) is 64.2 Å². The van der Waals surface area contributed by atoms with Crippen LogP contribution in [0.3, 0.4) is 0 Å². The van der Waals surface area contributed by atoms with Gasteiger partial charge in [-0.25, -0.2) is 5.48 Å². The number of aryl methyl sites for hydroxylation is 1. The highest BCUT2D eigenvalue weighted by Crippen LogP contribution is 2.32. The summed E-state index contributed by atoms with van der Waals surface area (Å²) in [6.45, 7) is 2.22. The summed E-state index contributed by atoms with van der Waals surface area (Å²) in [6.07, 6.45) is 7.81. The zero-order valence-electron chi connectivity index (χ0n) is 28.8. The summed E-state index contributed by atoms with van der Waals surface area (Å²) >= 11 is 0. The van der Waals surface area contributed by atoms with Crippen LogP contribution in [0, 0.1) is 0 Å². The number of ether oxygens (including phenoxy) is 1.